The Morgan fingerprint density at radius 3 is 2.71 bits per heavy atom. The molecule has 1 aliphatic rings. The number of nitrogen functional groups attached to an aromatic ring is 1. The predicted molar refractivity (Wildman–Crippen MR) is 59.1 cm³/mol. The lowest BCUT2D eigenvalue weighted by Gasteiger charge is -2.31. The van der Waals surface area contributed by atoms with Gasteiger partial charge >= 0.3 is 0 Å². The van der Waals surface area contributed by atoms with Crippen LogP contribution in [0.1, 0.15) is 11.6 Å². The Morgan fingerprint density at radius 1 is 1.36 bits per heavy atom. The minimum Gasteiger partial charge on any atom is -0.399 e. The smallest absolute Gasteiger partial charge is 0.0449 e. The van der Waals surface area contributed by atoms with E-state index in [9.17, 15) is 0 Å². The van der Waals surface area contributed by atoms with E-state index >= 15 is 0 Å². The molecule has 1 fully saturated rings. The van der Waals surface area contributed by atoms with E-state index < -0.39 is 0 Å². The van der Waals surface area contributed by atoms with Crippen molar-refractivity contribution in [2.24, 2.45) is 0 Å². The molecule has 1 atom stereocenters. The van der Waals surface area contributed by atoms with E-state index in [1.807, 2.05) is 12.1 Å². The van der Waals surface area contributed by atoms with Crippen LogP contribution in [0.5, 0.6) is 0 Å². The van der Waals surface area contributed by atoms with E-state index in [0.29, 0.717) is 6.04 Å². The fourth-order valence-electron chi connectivity index (χ4n) is 1.85. The number of piperazine rings is 1. The van der Waals surface area contributed by atoms with Crippen LogP contribution >= 0.6 is 0 Å². The summed E-state index contributed by atoms with van der Waals surface area (Å²) in [7, 11) is 2.16. The first-order chi connectivity index (χ1) is 6.75. The van der Waals surface area contributed by atoms with Crippen LogP contribution < -0.4 is 11.1 Å². The Labute approximate surface area is 84.9 Å². The Hall–Kier alpha value is -1.06. The normalized spacial score (nSPS) is 23.6. The second kappa shape index (κ2) is 3.98. The van der Waals surface area contributed by atoms with Gasteiger partial charge in [-0.05, 0) is 24.7 Å². The standard InChI is InChI=1S/C11H17N3/c1-14-7-6-13-11(8-14)9-2-4-10(12)5-3-9/h2-5,11,13H,6-8,12H2,1H3. The third-order valence-corrected chi connectivity index (χ3v) is 2.72. The van der Waals surface area contributed by atoms with E-state index in [1.165, 1.54) is 5.56 Å². The Kier molecular flexibility index (Phi) is 2.70. The number of nitrogens with two attached hydrogens (primary N) is 1. The largest absolute Gasteiger partial charge is 0.399 e. The molecule has 14 heavy (non-hydrogen) atoms. The molecule has 1 unspecified atom stereocenters. The van der Waals surface area contributed by atoms with E-state index in [4.69, 9.17) is 5.73 Å². The lowest BCUT2D eigenvalue weighted by atomic mass is 10.0. The van der Waals surface area contributed by atoms with Crippen LogP contribution in [-0.4, -0.2) is 31.6 Å². The molecule has 76 valence electrons. The maximum absolute atomic E-state index is 5.65. The highest BCUT2D eigenvalue weighted by molar-refractivity contribution is 5.40. The van der Waals surface area contributed by atoms with Crippen LogP contribution in [0.3, 0.4) is 0 Å². The monoisotopic (exact) mass is 191 g/mol. The minimum absolute atomic E-state index is 0.453. The second-order valence-corrected chi connectivity index (χ2v) is 3.94. The van der Waals surface area contributed by atoms with Gasteiger partial charge in [0.15, 0.2) is 0 Å². The van der Waals surface area contributed by atoms with Crippen LogP contribution in [0.25, 0.3) is 0 Å². The molecule has 1 aromatic rings. The zero-order valence-corrected chi connectivity index (χ0v) is 8.53. The number of likely N-dealkylation sites (N-methyl/N-ethyl adjacent to an activating group) is 1. The number of anilines is 1. The van der Waals surface area contributed by atoms with Crippen molar-refractivity contribution in [3.05, 3.63) is 29.8 Å². The second-order valence-electron chi connectivity index (χ2n) is 3.94. The van der Waals surface area contributed by atoms with Crippen molar-refractivity contribution in [3.8, 4) is 0 Å². The van der Waals surface area contributed by atoms with Crippen LogP contribution in [0, 0.1) is 0 Å². The van der Waals surface area contributed by atoms with Gasteiger partial charge < -0.3 is 16.0 Å². The van der Waals surface area contributed by atoms with Crippen LogP contribution in [0.15, 0.2) is 24.3 Å². The van der Waals surface area contributed by atoms with Crippen molar-refractivity contribution in [3.63, 3.8) is 0 Å². The molecule has 2 rings (SSSR count). The number of hydrogen-bond donors (Lipinski definition) is 2. The molecule has 1 aliphatic heterocycles. The van der Waals surface area contributed by atoms with Crippen molar-refractivity contribution in [2.75, 3.05) is 32.4 Å². The Morgan fingerprint density at radius 2 is 2.07 bits per heavy atom. The summed E-state index contributed by atoms with van der Waals surface area (Å²) in [6.07, 6.45) is 0. The molecule has 0 saturated carbocycles. The van der Waals surface area contributed by atoms with Gasteiger partial charge in [-0.2, -0.15) is 0 Å². The number of nitrogens with zero attached hydrogens (tertiary/aromatic N) is 1. The molecular formula is C11H17N3. The molecule has 1 aromatic carbocycles. The highest BCUT2D eigenvalue weighted by Crippen LogP contribution is 2.17. The van der Waals surface area contributed by atoms with Gasteiger partial charge in [0.2, 0.25) is 0 Å². The molecule has 1 saturated heterocycles. The third-order valence-electron chi connectivity index (χ3n) is 2.72. The zero-order valence-electron chi connectivity index (χ0n) is 8.53. The molecule has 1 heterocycles. The molecule has 0 amide bonds. The molecule has 0 aliphatic carbocycles. The van der Waals surface area contributed by atoms with E-state index in [-0.39, 0.29) is 0 Å². The number of hydrogen-bond acceptors (Lipinski definition) is 3. The molecule has 3 nitrogen and oxygen atoms in total. The minimum atomic E-state index is 0.453. The summed E-state index contributed by atoms with van der Waals surface area (Å²) in [5, 5.41) is 3.50. The molecule has 3 N–H and O–H groups in total. The van der Waals surface area contributed by atoms with E-state index in [2.05, 4.69) is 29.4 Å². The molecule has 3 heteroatoms. The van der Waals surface area contributed by atoms with Gasteiger partial charge in [-0.3, -0.25) is 0 Å². The fraction of sp³-hybridized carbons (Fsp3) is 0.455. The van der Waals surface area contributed by atoms with E-state index in [0.717, 1.165) is 25.3 Å². The maximum atomic E-state index is 5.65. The van der Waals surface area contributed by atoms with Crippen LogP contribution in [-0.2, 0) is 0 Å². The van der Waals surface area contributed by atoms with Crippen molar-refractivity contribution >= 4 is 5.69 Å². The Balaban J connectivity index is 2.10. The first kappa shape index (κ1) is 9.49. The maximum Gasteiger partial charge on any atom is 0.0449 e. The van der Waals surface area contributed by atoms with Crippen LogP contribution in [0.4, 0.5) is 5.69 Å². The van der Waals surface area contributed by atoms with Gasteiger partial charge in [-0.15, -0.1) is 0 Å². The summed E-state index contributed by atoms with van der Waals surface area (Å²) in [5.41, 5.74) is 7.81. The van der Waals surface area contributed by atoms with Gasteiger partial charge in [0.25, 0.3) is 0 Å². The first-order valence-electron chi connectivity index (χ1n) is 5.03. The van der Waals surface area contributed by atoms with Crippen molar-refractivity contribution < 1.29 is 0 Å². The summed E-state index contributed by atoms with van der Waals surface area (Å²) in [6, 6.07) is 8.59. The zero-order chi connectivity index (χ0) is 9.97. The van der Waals surface area contributed by atoms with Crippen molar-refractivity contribution in [2.45, 2.75) is 6.04 Å². The quantitative estimate of drug-likeness (QED) is 0.646. The van der Waals surface area contributed by atoms with Gasteiger partial charge in [-0.1, -0.05) is 12.1 Å². The summed E-state index contributed by atoms with van der Waals surface area (Å²) in [6.45, 7) is 3.26. The number of benzene rings is 1. The molecule has 0 spiro atoms. The SMILES string of the molecule is CN1CCNC(c2ccc(N)cc2)C1. The fourth-order valence-corrected chi connectivity index (χ4v) is 1.85. The summed E-state index contributed by atoms with van der Waals surface area (Å²) in [5.74, 6) is 0. The number of nitrogens with one attached hydrogen (secondary N) is 1. The van der Waals surface area contributed by atoms with Gasteiger partial charge in [0.05, 0.1) is 0 Å². The lowest BCUT2D eigenvalue weighted by molar-refractivity contribution is 0.241. The average Bonchev–Trinajstić information content (AvgIpc) is 2.19. The van der Waals surface area contributed by atoms with Crippen LogP contribution in [0.2, 0.25) is 0 Å². The molecule has 0 radical (unpaired) electrons. The highest BCUT2D eigenvalue weighted by Gasteiger charge is 2.17. The first-order valence-corrected chi connectivity index (χ1v) is 5.03. The Bertz CT molecular complexity index is 294. The summed E-state index contributed by atoms with van der Waals surface area (Å²) < 4.78 is 0. The predicted octanol–water partition coefficient (Wildman–Crippen LogP) is 0.845. The lowest BCUT2D eigenvalue weighted by Crippen LogP contribution is -2.43. The van der Waals surface area contributed by atoms with Gasteiger partial charge in [-0.25, -0.2) is 0 Å². The third kappa shape index (κ3) is 2.05. The molecular weight excluding hydrogens is 174 g/mol. The summed E-state index contributed by atoms with van der Waals surface area (Å²) >= 11 is 0. The van der Waals surface area contributed by atoms with Crippen molar-refractivity contribution in [1.82, 2.24) is 10.2 Å². The molecule has 0 bridgehead atoms. The molecule has 0 aromatic heterocycles. The van der Waals surface area contributed by atoms with Gasteiger partial charge in [0, 0.05) is 31.4 Å². The average molecular weight is 191 g/mol. The topological polar surface area (TPSA) is 41.3 Å². The van der Waals surface area contributed by atoms with Gasteiger partial charge in [0.1, 0.15) is 0 Å². The van der Waals surface area contributed by atoms with Crippen molar-refractivity contribution in [1.29, 1.82) is 0 Å². The van der Waals surface area contributed by atoms with E-state index in [1.54, 1.807) is 0 Å². The highest BCUT2D eigenvalue weighted by atomic mass is 15.2. The number of rotatable bonds is 1. The summed E-state index contributed by atoms with van der Waals surface area (Å²) in [4.78, 5) is 2.34.